The largest absolute Gasteiger partial charge is 0.469 e. The summed E-state index contributed by atoms with van der Waals surface area (Å²) in [7, 11) is 1.44. The van der Waals surface area contributed by atoms with Crippen LogP contribution in [0.5, 0.6) is 0 Å². The van der Waals surface area contributed by atoms with Crippen LogP contribution in [0.25, 0.3) is 0 Å². The number of piperidine rings is 1. The van der Waals surface area contributed by atoms with Crippen LogP contribution in [0.3, 0.4) is 0 Å². The zero-order valence-corrected chi connectivity index (χ0v) is 10.9. The van der Waals surface area contributed by atoms with Crippen molar-refractivity contribution < 1.29 is 13.9 Å². The lowest BCUT2D eigenvalue weighted by Gasteiger charge is -2.29. The lowest BCUT2D eigenvalue weighted by molar-refractivity contribution is -0.147. The third-order valence-electron chi connectivity index (χ3n) is 3.29. The number of aryl methyl sites for hydroxylation is 1. The van der Waals surface area contributed by atoms with Crippen molar-refractivity contribution in [1.82, 2.24) is 15.1 Å². The van der Waals surface area contributed by atoms with E-state index in [-0.39, 0.29) is 11.9 Å². The second-order valence-electron chi connectivity index (χ2n) is 4.52. The van der Waals surface area contributed by atoms with Gasteiger partial charge in [0, 0.05) is 6.42 Å². The van der Waals surface area contributed by atoms with Gasteiger partial charge in [0.2, 0.25) is 11.8 Å². The number of carbonyl (C=O) groups is 1. The minimum absolute atomic E-state index is 0.0418. The molecule has 1 aliphatic rings. The van der Waals surface area contributed by atoms with Crippen LogP contribution in [0.15, 0.2) is 4.42 Å². The number of likely N-dealkylation sites (tertiary alicyclic amines) is 1. The standard InChI is InChI=1S/C12H19N3O3/c1-3-10-13-14-11(18-10)8-15-6-4-9(5-7-15)12(16)17-2/h9H,3-8H2,1-2H3. The summed E-state index contributed by atoms with van der Waals surface area (Å²) >= 11 is 0. The van der Waals surface area contributed by atoms with E-state index in [0.717, 1.165) is 32.4 Å². The van der Waals surface area contributed by atoms with E-state index in [9.17, 15) is 4.79 Å². The molecule has 0 radical (unpaired) electrons. The summed E-state index contributed by atoms with van der Waals surface area (Å²) in [5, 5.41) is 7.94. The van der Waals surface area contributed by atoms with E-state index in [0.29, 0.717) is 18.3 Å². The number of ether oxygens (including phenoxy) is 1. The van der Waals surface area contributed by atoms with Gasteiger partial charge in [-0.25, -0.2) is 0 Å². The quantitative estimate of drug-likeness (QED) is 0.746. The van der Waals surface area contributed by atoms with Gasteiger partial charge in [0.15, 0.2) is 0 Å². The zero-order valence-electron chi connectivity index (χ0n) is 10.9. The molecule has 2 heterocycles. The van der Waals surface area contributed by atoms with Crippen molar-refractivity contribution in [3.63, 3.8) is 0 Å². The lowest BCUT2D eigenvalue weighted by atomic mass is 9.97. The van der Waals surface area contributed by atoms with Crippen LogP contribution in [-0.2, 0) is 22.5 Å². The molecule has 100 valence electrons. The van der Waals surface area contributed by atoms with Crippen molar-refractivity contribution in [2.24, 2.45) is 5.92 Å². The first-order valence-electron chi connectivity index (χ1n) is 6.34. The molecule has 0 N–H and O–H groups in total. The van der Waals surface area contributed by atoms with Crippen molar-refractivity contribution in [1.29, 1.82) is 0 Å². The van der Waals surface area contributed by atoms with Gasteiger partial charge >= 0.3 is 5.97 Å². The van der Waals surface area contributed by atoms with Crippen molar-refractivity contribution in [3.05, 3.63) is 11.8 Å². The Morgan fingerprint density at radius 2 is 2.06 bits per heavy atom. The molecule has 6 nitrogen and oxygen atoms in total. The second-order valence-corrected chi connectivity index (χ2v) is 4.52. The van der Waals surface area contributed by atoms with Gasteiger partial charge in [0.1, 0.15) is 0 Å². The highest BCUT2D eigenvalue weighted by Crippen LogP contribution is 2.19. The van der Waals surface area contributed by atoms with E-state index in [2.05, 4.69) is 15.1 Å². The predicted octanol–water partition coefficient (Wildman–Crippen LogP) is 1.02. The van der Waals surface area contributed by atoms with E-state index in [1.54, 1.807) is 0 Å². The number of methoxy groups -OCH3 is 1. The van der Waals surface area contributed by atoms with Gasteiger partial charge in [-0.15, -0.1) is 10.2 Å². The lowest BCUT2D eigenvalue weighted by Crippen LogP contribution is -2.36. The molecule has 0 spiro atoms. The van der Waals surface area contributed by atoms with Crippen molar-refractivity contribution in [3.8, 4) is 0 Å². The highest BCUT2D eigenvalue weighted by Gasteiger charge is 2.26. The highest BCUT2D eigenvalue weighted by atomic mass is 16.5. The van der Waals surface area contributed by atoms with Gasteiger partial charge in [0.05, 0.1) is 19.6 Å². The molecule has 0 amide bonds. The van der Waals surface area contributed by atoms with Gasteiger partial charge in [-0.1, -0.05) is 6.92 Å². The van der Waals surface area contributed by atoms with Crippen LogP contribution in [0.2, 0.25) is 0 Å². The van der Waals surface area contributed by atoms with Crippen molar-refractivity contribution in [2.75, 3.05) is 20.2 Å². The second kappa shape index (κ2) is 5.95. The number of carbonyl (C=O) groups excluding carboxylic acids is 1. The van der Waals surface area contributed by atoms with Crippen LogP contribution in [-0.4, -0.2) is 41.3 Å². The number of rotatable bonds is 4. The Hall–Kier alpha value is -1.43. The normalized spacial score (nSPS) is 17.9. The average molecular weight is 253 g/mol. The molecule has 18 heavy (non-hydrogen) atoms. The third-order valence-corrected chi connectivity index (χ3v) is 3.29. The molecule has 0 aromatic carbocycles. The first-order chi connectivity index (χ1) is 8.72. The van der Waals surface area contributed by atoms with E-state index in [4.69, 9.17) is 9.15 Å². The Bertz CT molecular complexity index is 397. The molecule has 1 fully saturated rings. The maximum Gasteiger partial charge on any atom is 0.308 e. The molecule has 2 rings (SSSR count). The Balaban J connectivity index is 1.81. The molecule has 0 unspecified atom stereocenters. The summed E-state index contributed by atoms with van der Waals surface area (Å²) in [6.07, 6.45) is 2.43. The number of aromatic nitrogens is 2. The van der Waals surface area contributed by atoms with E-state index in [1.807, 2.05) is 6.92 Å². The molecule has 1 aromatic heterocycles. The maximum absolute atomic E-state index is 11.4. The summed E-state index contributed by atoms with van der Waals surface area (Å²) in [5.41, 5.74) is 0. The van der Waals surface area contributed by atoms with E-state index in [1.165, 1.54) is 7.11 Å². The van der Waals surface area contributed by atoms with Crippen LogP contribution >= 0.6 is 0 Å². The number of hydrogen-bond donors (Lipinski definition) is 0. The fourth-order valence-electron chi connectivity index (χ4n) is 2.18. The molecule has 1 aliphatic heterocycles. The summed E-state index contributed by atoms with van der Waals surface area (Å²) in [6, 6.07) is 0. The summed E-state index contributed by atoms with van der Waals surface area (Å²) in [6.45, 7) is 4.38. The monoisotopic (exact) mass is 253 g/mol. The average Bonchev–Trinajstić information content (AvgIpc) is 2.86. The van der Waals surface area contributed by atoms with Crippen LogP contribution in [0, 0.1) is 5.92 Å². The molecule has 0 bridgehead atoms. The number of nitrogens with zero attached hydrogens (tertiary/aromatic N) is 3. The van der Waals surface area contributed by atoms with Gasteiger partial charge in [-0.3, -0.25) is 9.69 Å². The fourth-order valence-corrected chi connectivity index (χ4v) is 2.18. The van der Waals surface area contributed by atoms with Gasteiger partial charge in [0.25, 0.3) is 0 Å². The Labute approximate surface area is 106 Å². The molecular weight excluding hydrogens is 234 g/mol. The topological polar surface area (TPSA) is 68.5 Å². The Morgan fingerprint density at radius 1 is 1.39 bits per heavy atom. The highest BCUT2D eigenvalue weighted by molar-refractivity contribution is 5.72. The molecule has 0 atom stereocenters. The summed E-state index contributed by atoms with van der Waals surface area (Å²) in [5.74, 6) is 1.28. The number of hydrogen-bond acceptors (Lipinski definition) is 6. The Morgan fingerprint density at radius 3 is 2.61 bits per heavy atom. The fraction of sp³-hybridized carbons (Fsp3) is 0.750. The SMILES string of the molecule is CCc1nnc(CN2CCC(C(=O)OC)CC2)o1. The minimum Gasteiger partial charge on any atom is -0.469 e. The third kappa shape index (κ3) is 3.07. The van der Waals surface area contributed by atoms with Gasteiger partial charge in [-0.2, -0.15) is 0 Å². The number of esters is 1. The smallest absolute Gasteiger partial charge is 0.308 e. The molecule has 1 saturated heterocycles. The maximum atomic E-state index is 11.4. The zero-order chi connectivity index (χ0) is 13.0. The van der Waals surface area contributed by atoms with E-state index >= 15 is 0 Å². The van der Waals surface area contributed by atoms with Crippen molar-refractivity contribution in [2.45, 2.75) is 32.7 Å². The van der Waals surface area contributed by atoms with Gasteiger partial charge < -0.3 is 9.15 Å². The Kier molecular flexibility index (Phi) is 4.30. The van der Waals surface area contributed by atoms with Crippen molar-refractivity contribution >= 4 is 5.97 Å². The van der Waals surface area contributed by atoms with E-state index < -0.39 is 0 Å². The molecular formula is C12H19N3O3. The minimum atomic E-state index is -0.0966. The first-order valence-corrected chi connectivity index (χ1v) is 6.34. The van der Waals surface area contributed by atoms with Gasteiger partial charge in [-0.05, 0) is 25.9 Å². The first kappa shape index (κ1) is 13.0. The van der Waals surface area contributed by atoms with Crippen LogP contribution < -0.4 is 0 Å². The molecule has 0 saturated carbocycles. The van der Waals surface area contributed by atoms with Crippen LogP contribution in [0.1, 0.15) is 31.5 Å². The molecule has 6 heteroatoms. The predicted molar refractivity (Wildman–Crippen MR) is 63.7 cm³/mol. The molecule has 0 aliphatic carbocycles. The summed E-state index contributed by atoms with van der Waals surface area (Å²) in [4.78, 5) is 13.6. The summed E-state index contributed by atoms with van der Waals surface area (Å²) < 4.78 is 10.2. The van der Waals surface area contributed by atoms with Crippen LogP contribution in [0.4, 0.5) is 0 Å². The molecule has 1 aromatic rings.